The van der Waals surface area contributed by atoms with Crippen molar-refractivity contribution in [3.8, 4) is 11.1 Å². The number of rotatable bonds is 13. The van der Waals surface area contributed by atoms with Crippen molar-refractivity contribution >= 4 is 88.6 Å². The molecule has 382 valence electrons. The van der Waals surface area contributed by atoms with Gasteiger partial charge in [0, 0.05) is 44.9 Å². The fraction of sp³-hybridized carbons (Fsp3) is 0.0526. The Bertz CT molecular complexity index is 4060. The minimum absolute atomic E-state index is 0.397. The summed E-state index contributed by atoms with van der Waals surface area (Å²) in [5.74, 6) is 0. The number of benzene rings is 12. The molecule has 14 rings (SSSR count). The number of anilines is 8. The third-order valence-corrected chi connectivity index (χ3v) is 16.3. The van der Waals surface area contributed by atoms with Gasteiger partial charge in [0.15, 0.2) is 0 Å². The molecule has 4 heteroatoms. The summed E-state index contributed by atoms with van der Waals surface area (Å²) in [6.45, 7) is 0. The number of allylic oxidation sites excluding steroid dienone is 4. The van der Waals surface area contributed by atoms with E-state index in [1.807, 2.05) is 0 Å². The second-order valence-corrected chi connectivity index (χ2v) is 21.1. The lowest BCUT2D eigenvalue weighted by molar-refractivity contribution is 0.623. The standard InChI is InChI=1S/C76H58N4/c1-11-51-75(52-12-1,71-31-15-23-57-19-3-7-27-67(57)71)77-61-39-47-65(48-40-61)79(73-33-17-25-59-21-5-9-29-69(59)73)63-43-35-55(36-44-63)56-37-45-64(46-38-56)80(74-34-18-26-60-22-6-10-30-70(60)74)66-49-41-62(42-50-66)78-76(53-13-2-14-54-76)72-32-16-24-58-20-4-8-28-68(58)72/h1-51,53,77-78H,52,54H2. The second-order valence-electron chi connectivity index (χ2n) is 21.1. The SMILES string of the molecule is C1=CCC(Nc2ccc(N(c3ccc(-c4ccc(N(c5ccc(NC6(c7cccc8ccccc78)C=CC=CC6)cc5)c5cccc6ccccc56)cc4)cc3)c3cccc4ccccc34)cc2)(c2cccc3ccccc23)C=C1. The summed E-state index contributed by atoms with van der Waals surface area (Å²) in [5, 5.41) is 17.8. The third-order valence-electron chi connectivity index (χ3n) is 16.3. The Labute approximate surface area is 468 Å². The Morgan fingerprint density at radius 3 is 0.950 bits per heavy atom. The second kappa shape index (κ2) is 20.7. The van der Waals surface area contributed by atoms with Gasteiger partial charge in [-0.3, -0.25) is 0 Å². The van der Waals surface area contributed by atoms with Crippen LogP contribution in [-0.2, 0) is 11.1 Å². The van der Waals surface area contributed by atoms with E-state index in [4.69, 9.17) is 0 Å². The fourth-order valence-electron chi connectivity index (χ4n) is 12.4. The van der Waals surface area contributed by atoms with E-state index in [2.05, 4.69) is 336 Å². The first kappa shape index (κ1) is 48.2. The van der Waals surface area contributed by atoms with Crippen LogP contribution < -0.4 is 20.4 Å². The monoisotopic (exact) mass is 1030 g/mol. The highest BCUT2D eigenvalue weighted by Gasteiger charge is 2.33. The van der Waals surface area contributed by atoms with E-state index in [0.717, 1.165) is 69.5 Å². The predicted molar refractivity (Wildman–Crippen MR) is 341 cm³/mol. The average molecular weight is 1030 g/mol. The van der Waals surface area contributed by atoms with Crippen molar-refractivity contribution in [2.24, 2.45) is 0 Å². The first-order chi connectivity index (χ1) is 39.6. The Hall–Kier alpha value is -10.2. The first-order valence-electron chi connectivity index (χ1n) is 27.8. The zero-order chi connectivity index (χ0) is 53.3. The molecule has 0 aliphatic heterocycles. The van der Waals surface area contributed by atoms with Crippen LogP contribution in [0.4, 0.5) is 45.5 Å². The third kappa shape index (κ3) is 8.97. The van der Waals surface area contributed by atoms with Gasteiger partial charge in [0.1, 0.15) is 0 Å². The molecule has 0 fully saturated rings. The van der Waals surface area contributed by atoms with Gasteiger partial charge in [-0.1, -0.05) is 231 Å². The van der Waals surface area contributed by atoms with E-state index in [-0.39, 0.29) is 0 Å². The van der Waals surface area contributed by atoms with Crippen molar-refractivity contribution in [2.75, 3.05) is 20.4 Å². The van der Waals surface area contributed by atoms with Gasteiger partial charge < -0.3 is 20.4 Å². The van der Waals surface area contributed by atoms with Gasteiger partial charge in [-0.2, -0.15) is 0 Å². The first-order valence-corrected chi connectivity index (χ1v) is 27.8. The molecule has 0 amide bonds. The van der Waals surface area contributed by atoms with Gasteiger partial charge >= 0.3 is 0 Å². The fourth-order valence-corrected chi connectivity index (χ4v) is 12.4. The largest absolute Gasteiger partial charge is 0.372 e. The molecule has 0 bridgehead atoms. The van der Waals surface area contributed by atoms with Crippen LogP contribution in [0.15, 0.2) is 316 Å². The average Bonchev–Trinajstić information content (AvgIpc) is 3.56. The molecule has 0 heterocycles. The van der Waals surface area contributed by atoms with E-state index in [1.165, 1.54) is 54.2 Å². The number of hydrogen-bond donors (Lipinski definition) is 2. The molecule has 2 unspecified atom stereocenters. The Kier molecular flexibility index (Phi) is 12.5. The summed E-state index contributed by atoms with van der Waals surface area (Å²) in [7, 11) is 0. The Morgan fingerprint density at radius 1 is 0.275 bits per heavy atom. The normalized spacial score (nSPS) is 16.6. The molecule has 4 nitrogen and oxygen atoms in total. The molecule has 0 saturated heterocycles. The van der Waals surface area contributed by atoms with Crippen molar-refractivity contribution in [1.82, 2.24) is 0 Å². The van der Waals surface area contributed by atoms with Crippen LogP contribution in [-0.4, -0.2) is 0 Å². The van der Waals surface area contributed by atoms with Crippen molar-refractivity contribution < 1.29 is 0 Å². The molecule has 12 aromatic carbocycles. The topological polar surface area (TPSA) is 30.5 Å². The van der Waals surface area contributed by atoms with Crippen molar-refractivity contribution in [1.29, 1.82) is 0 Å². The van der Waals surface area contributed by atoms with Crippen LogP contribution in [0.2, 0.25) is 0 Å². The molecule has 0 radical (unpaired) electrons. The molecule has 0 saturated carbocycles. The quantitative estimate of drug-likeness (QED) is 0.120. The van der Waals surface area contributed by atoms with Crippen LogP contribution in [0.3, 0.4) is 0 Å². The number of hydrogen-bond acceptors (Lipinski definition) is 4. The summed E-state index contributed by atoms with van der Waals surface area (Å²) in [4.78, 5) is 4.77. The molecular formula is C76H58N4. The lowest BCUT2D eigenvalue weighted by Crippen LogP contribution is -2.34. The van der Waals surface area contributed by atoms with Gasteiger partial charge in [-0.15, -0.1) is 0 Å². The lowest BCUT2D eigenvalue weighted by atomic mass is 9.81. The maximum Gasteiger partial charge on any atom is 0.0853 e. The zero-order valence-electron chi connectivity index (χ0n) is 44.3. The lowest BCUT2D eigenvalue weighted by Gasteiger charge is -2.35. The summed E-state index contributed by atoms with van der Waals surface area (Å²) in [6, 6.07) is 97.1. The van der Waals surface area contributed by atoms with Gasteiger partial charge in [0.2, 0.25) is 0 Å². The molecule has 0 spiro atoms. The molecule has 0 aromatic heterocycles. The summed E-state index contributed by atoms with van der Waals surface area (Å²) in [6.07, 6.45) is 19.5. The van der Waals surface area contributed by atoms with Crippen molar-refractivity contribution in [2.45, 2.75) is 23.9 Å². The minimum Gasteiger partial charge on any atom is -0.372 e. The molecule has 2 aliphatic carbocycles. The minimum atomic E-state index is -0.397. The van der Waals surface area contributed by atoms with Gasteiger partial charge in [-0.25, -0.2) is 0 Å². The number of fused-ring (bicyclic) bond motifs is 4. The summed E-state index contributed by atoms with van der Waals surface area (Å²) < 4.78 is 0. The molecular weight excluding hydrogens is 969 g/mol. The Morgan fingerprint density at radius 2 is 0.588 bits per heavy atom. The van der Waals surface area contributed by atoms with Crippen LogP contribution in [0.5, 0.6) is 0 Å². The van der Waals surface area contributed by atoms with E-state index in [1.54, 1.807) is 0 Å². The van der Waals surface area contributed by atoms with Crippen LogP contribution in [0, 0.1) is 0 Å². The molecule has 2 aliphatic rings. The number of nitrogens with zero attached hydrogens (tertiary/aromatic N) is 2. The van der Waals surface area contributed by atoms with Crippen molar-refractivity contribution in [3.63, 3.8) is 0 Å². The Balaban J connectivity index is 0.780. The smallest absolute Gasteiger partial charge is 0.0853 e. The van der Waals surface area contributed by atoms with Crippen molar-refractivity contribution in [3.05, 3.63) is 327 Å². The van der Waals surface area contributed by atoms with E-state index in [9.17, 15) is 0 Å². The van der Waals surface area contributed by atoms with Crippen LogP contribution in [0.25, 0.3) is 54.2 Å². The van der Waals surface area contributed by atoms with E-state index < -0.39 is 11.1 Å². The molecule has 2 atom stereocenters. The molecule has 2 N–H and O–H groups in total. The number of nitrogens with one attached hydrogen (secondary N) is 2. The highest BCUT2D eigenvalue weighted by molar-refractivity contribution is 6.01. The highest BCUT2D eigenvalue weighted by Crippen LogP contribution is 2.45. The zero-order valence-corrected chi connectivity index (χ0v) is 44.3. The maximum atomic E-state index is 4.00. The summed E-state index contributed by atoms with van der Waals surface area (Å²) in [5.41, 5.74) is 12.7. The van der Waals surface area contributed by atoms with Crippen LogP contribution in [0.1, 0.15) is 24.0 Å². The molecule has 80 heavy (non-hydrogen) atoms. The van der Waals surface area contributed by atoms with Crippen LogP contribution >= 0.6 is 0 Å². The van der Waals surface area contributed by atoms with E-state index in [0.29, 0.717) is 0 Å². The van der Waals surface area contributed by atoms with E-state index >= 15 is 0 Å². The summed E-state index contributed by atoms with van der Waals surface area (Å²) >= 11 is 0. The van der Waals surface area contributed by atoms with Gasteiger partial charge in [0.05, 0.1) is 22.5 Å². The highest BCUT2D eigenvalue weighted by atomic mass is 15.2. The van der Waals surface area contributed by atoms with Gasteiger partial charge in [0.25, 0.3) is 0 Å². The van der Waals surface area contributed by atoms with Gasteiger partial charge in [-0.05, 0) is 152 Å². The molecule has 12 aromatic rings. The maximum absolute atomic E-state index is 4.00. The predicted octanol–water partition coefficient (Wildman–Crippen LogP) is 20.6.